The number of primary amides is 1. The molecule has 0 saturated heterocycles. The SMILES string of the molecule is C=C(NC1=C(C(=C)/C=C\C(NC(=O)[C@H]2CCCC[C@@H]2C(N)=O)=C(C)C)CN=C1C)OC(C)c1cccnc1F. The van der Waals surface area contributed by atoms with Crippen LogP contribution in [0.3, 0.4) is 0 Å². The number of ether oxygens (including phenoxy) is 1. The summed E-state index contributed by atoms with van der Waals surface area (Å²) in [4.78, 5) is 33.1. The van der Waals surface area contributed by atoms with Crippen LogP contribution in [0.2, 0.25) is 0 Å². The quantitative estimate of drug-likeness (QED) is 0.212. The molecular formula is C30H38FN5O3. The lowest BCUT2D eigenvalue weighted by atomic mass is 9.78. The van der Waals surface area contributed by atoms with E-state index < -0.39 is 29.8 Å². The van der Waals surface area contributed by atoms with Crippen molar-refractivity contribution < 1.29 is 18.7 Å². The summed E-state index contributed by atoms with van der Waals surface area (Å²) >= 11 is 0. The second-order valence-corrected chi connectivity index (χ2v) is 10.1. The van der Waals surface area contributed by atoms with Crippen LogP contribution in [-0.2, 0) is 14.3 Å². The first-order valence-electron chi connectivity index (χ1n) is 13.1. The zero-order valence-corrected chi connectivity index (χ0v) is 23.1. The Morgan fingerprint density at radius 2 is 1.90 bits per heavy atom. The first-order chi connectivity index (χ1) is 18.5. The predicted octanol–water partition coefficient (Wildman–Crippen LogP) is 4.90. The van der Waals surface area contributed by atoms with Crippen molar-refractivity contribution in [2.75, 3.05) is 6.54 Å². The van der Waals surface area contributed by atoms with E-state index in [2.05, 4.69) is 33.8 Å². The van der Waals surface area contributed by atoms with Gasteiger partial charge in [-0.15, -0.1) is 0 Å². The minimum atomic E-state index is -0.605. The topological polar surface area (TPSA) is 119 Å². The molecule has 1 aromatic rings. The van der Waals surface area contributed by atoms with Crippen molar-refractivity contribution in [2.24, 2.45) is 22.6 Å². The van der Waals surface area contributed by atoms with Crippen molar-refractivity contribution in [2.45, 2.75) is 59.5 Å². The maximum Gasteiger partial charge on any atom is 0.228 e. The molecule has 1 fully saturated rings. The fourth-order valence-corrected chi connectivity index (χ4v) is 4.78. The molecule has 3 rings (SSSR count). The van der Waals surface area contributed by atoms with Crippen LogP contribution in [0.1, 0.15) is 65.0 Å². The van der Waals surface area contributed by atoms with Gasteiger partial charge in [0, 0.05) is 34.9 Å². The maximum absolute atomic E-state index is 14.0. The number of hydrogen-bond acceptors (Lipinski definition) is 6. The minimum Gasteiger partial charge on any atom is -0.471 e. The monoisotopic (exact) mass is 535 g/mol. The number of allylic oxidation sites excluding steroid dienone is 4. The van der Waals surface area contributed by atoms with Crippen molar-refractivity contribution in [3.8, 4) is 0 Å². The second-order valence-electron chi connectivity index (χ2n) is 10.1. The summed E-state index contributed by atoms with van der Waals surface area (Å²) in [5.74, 6) is -1.85. The fraction of sp³-hybridized carbons (Fsp3) is 0.400. The lowest BCUT2D eigenvalue weighted by molar-refractivity contribution is -0.134. The summed E-state index contributed by atoms with van der Waals surface area (Å²) in [6.45, 7) is 15.9. The summed E-state index contributed by atoms with van der Waals surface area (Å²) < 4.78 is 19.8. The molecule has 0 bridgehead atoms. The molecule has 39 heavy (non-hydrogen) atoms. The third-order valence-corrected chi connectivity index (χ3v) is 7.05. The summed E-state index contributed by atoms with van der Waals surface area (Å²) in [5.41, 5.74) is 10.4. The van der Waals surface area contributed by atoms with Crippen LogP contribution in [-0.4, -0.2) is 29.1 Å². The van der Waals surface area contributed by atoms with Gasteiger partial charge in [0.25, 0.3) is 0 Å². The number of carbonyl (C=O) groups excluding carboxylic acids is 2. The van der Waals surface area contributed by atoms with Gasteiger partial charge in [-0.3, -0.25) is 14.6 Å². The predicted molar refractivity (Wildman–Crippen MR) is 150 cm³/mol. The van der Waals surface area contributed by atoms with E-state index in [4.69, 9.17) is 10.5 Å². The normalized spacial score (nSPS) is 19.8. The third kappa shape index (κ3) is 7.52. The summed E-state index contributed by atoms with van der Waals surface area (Å²) in [6.07, 6.45) is 7.47. The number of nitrogens with zero attached hydrogens (tertiary/aromatic N) is 2. The number of halogens is 1. The average molecular weight is 536 g/mol. The number of rotatable bonds is 11. The number of nitrogens with two attached hydrogens (primary N) is 1. The number of amides is 2. The van der Waals surface area contributed by atoms with E-state index in [-0.39, 0.29) is 11.8 Å². The van der Waals surface area contributed by atoms with Gasteiger partial charge in [0.2, 0.25) is 17.8 Å². The molecule has 1 unspecified atom stereocenters. The lowest BCUT2D eigenvalue weighted by Gasteiger charge is -2.28. The molecule has 208 valence electrons. The van der Waals surface area contributed by atoms with Crippen molar-refractivity contribution in [1.82, 2.24) is 15.6 Å². The molecule has 1 aliphatic heterocycles. The first-order valence-corrected chi connectivity index (χ1v) is 13.1. The number of hydrogen-bond donors (Lipinski definition) is 3. The van der Waals surface area contributed by atoms with E-state index >= 15 is 0 Å². The summed E-state index contributed by atoms with van der Waals surface area (Å²) in [6, 6.07) is 3.26. The number of nitrogens with one attached hydrogen (secondary N) is 2. The van der Waals surface area contributed by atoms with Gasteiger partial charge in [-0.25, -0.2) is 4.98 Å². The highest BCUT2D eigenvalue weighted by atomic mass is 19.1. The number of aromatic nitrogens is 1. The Balaban J connectivity index is 1.70. The van der Waals surface area contributed by atoms with E-state index in [0.29, 0.717) is 41.9 Å². The molecule has 3 atom stereocenters. The Bertz CT molecular complexity index is 1270. The Kier molecular flexibility index (Phi) is 9.98. The molecule has 0 spiro atoms. The molecule has 0 aromatic carbocycles. The molecular weight excluding hydrogens is 497 g/mol. The van der Waals surface area contributed by atoms with Gasteiger partial charge in [0.1, 0.15) is 6.10 Å². The maximum atomic E-state index is 14.0. The van der Waals surface area contributed by atoms with Crippen molar-refractivity contribution in [3.63, 3.8) is 0 Å². The van der Waals surface area contributed by atoms with Crippen molar-refractivity contribution in [3.05, 3.63) is 89.1 Å². The first kappa shape index (κ1) is 29.5. The van der Waals surface area contributed by atoms with Gasteiger partial charge < -0.3 is 21.1 Å². The highest BCUT2D eigenvalue weighted by Gasteiger charge is 2.34. The molecule has 4 N–H and O–H groups in total. The molecule has 2 amide bonds. The van der Waals surface area contributed by atoms with Gasteiger partial charge in [-0.1, -0.05) is 31.1 Å². The molecule has 0 radical (unpaired) electrons. The van der Waals surface area contributed by atoms with Crippen LogP contribution >= 0.6 is 0 Å². The Morgan fingerprint density at radius 3 is 2.54 bits per heavy atom. The highest BCUT2D eigenvalue weighted by Crippen LogP contribution is 2.30. The lowest BCUT2D eigenvalue weighted by Crippen LogP contribution is -2.41. The zero-order chi connectivity index (χ0) is 28.7. The molecule has 9 heteroatoms. The molecule has 8 nitrogen and oxygen atoms in total. The van der Waals surface area contributed by atoms with Crippen molar-refractivity contribution in [1.29, 1.82) is 0 Å². The Morgan fingerprint density at radius 1 is 1.21 bits per heavy atom. The van der Waals surface area contributed by atoms with Crippen LogP contribution in [0.15, 0.2) is 82.6 Å². The Hall–Kier alpha value is -4.01. The standard InChI is InChI=1S/C30H38FN5O3/c1-17(2)26(36-30(38)24-11-8-7-10-23(24)29(32)37)14-13-18(3)25-16-34-19(4)27(25)35-21(6)39-20(5)22-12-9-15-33-28(22)31/h9,12-15,20,23-24,35H,3,6-8,10-11,16H2,1-2,4-5H3,(H2,32,37)(H,36,38)/b14-13-/t20?,23-,24-/m0/s1. The zero-order valence-electron chi connectivity index (χ0n) is 23.1. The van der Waals surface area contributed by atoms with E-state index in [9.17, 15) is 14.0 Å². The number of aliphatic imine (C=N–C) groups is 1. The van der Waals surface area contributed by atoms with Crippen molar-refractivity contribution >= 4 is 17.5 Å². The second kappa shape index (κ2) is 13.2. The smallest absolute Gasteiger partial charge is 0.228 e. The van der Waals surface area contributed by atoms with Crippen LogP contribution in [0.4, 0.5) is 4.39 Å². The van der Waals surface area contributed by atoms with Crippen LogP contribution in [0.25, 0.3) is 0 Å². The molecule has 2 aliphatic rings. The van der Waals surface area contributed by atoms with Crippen LogP contribution in [0, 0.1) is 17.8 Å². The molecule has 1 aromatic heterocycles. The summed E-state index contributed by atoms with van der Waals surface area (Å²) in [5, 5.41) is 6.14. The number of pyridine rings is 1. The fourth-order valence-electron chi connectivity index (χ4n) is 4.78. The minimum absolute atomic E-state index is 0.195. The highest BCUT2D eigenvalue weighted by molar-refractivity contribution is 6.01. The van der Waals surface area contributed by atoms with E-state index in [1.807, 2.05) is 26.8 Å². The van der Waals surface area contributed by atoms with Crippen LogP contribution in [0.5, 0.6) is 0 Å². The average Bonchev–Trinajstić information content (AvgIpc) is 3.25. The van der Waals surface area contributed by atoms with Gasteiger partial charge in [0.15, 0.2) is 5.88 Å². The Labute approximate surface area is 229 Å². The van der Waals surface area contributed by atoms with Gasteiger partial charge >= 0.3 is 0 Å². The summed E-state index contributed by atoms with van der Waals surface area (Å²) in [7, 11) is 0. The van der Waals surface area contributed by atoms with E-state index in [0.717, 1.165) is 29.7 Å². The molecule has 2 heterocycles. The van der Waals surface area contributed by atoms with Gasteiger partial charge in [0.05, 0.1) is 18.0 Å². The van der Waals surface area contributed by atoms with E-state index in [1.165, 1.54) is 6.20 Å². The van der Waals surface area contributed by atoms with E-state index in [1.54, 1.807) is 25.1 Å². The number of carbonyl (C=O) groups is 2. The van der Waals surface area contributed by atoms with Crippen LogP contribution < -0.4 is 16.4 Å². The third-order valence-electron chi connectivity index (χ3n) is 7.05. The van der Waals surface area contributed by atoms with Gasteiger partial charge in [-0.05, 0) is 70.9 Å². The molecule has 1 saturated carbocycles. The molecule has 1 aliphatic carbocycles. The van der Waals surface area contributed by atoms with Gasteiger partial charge in [-0.2, -0.15) is 4.39 Å². The largest absolute Gasteiger partial charge is 0.471 e.